The van der Waals surface area contributed by atoms with E-state index in [0.717, 1.165) is 17.8 Å². The molecule has 0 amide bonds. The summed E-state index contributed by atoms with van der Waals surface area (Å²) < 4.78 is 1.20. The van der Waals surface area contributed by atoms with E-state index in [9.17, 15) is 0 Å². The maximum atomic E-state index is 6.29. The smallest absolute Gasteiger partial charge is 0.0701 e. The van der Waals surface area contributed by atoms with E-state index in [1.165, 1.54) is 27.9 Å². The number of hydrogen-bond acceptors (Lipinski definition) is 2. The van der Waals surface area contributed by atoms with Crippen LogP contribution in [0.5, 0.6) is 0 Å². The molecule has 0 bridgehead atoms. The molecule has 0 spiro atoms. The quantitative estimate of drug-likeness (QED) is 0.875. The summed E-state index contributed by atoms with van der Waals surface area (Å²) in [5.74, 6) is 2.73. The summed E-state index contributed by atoms with van der Waals surface area (Å²) in [5, 5.41) is 0. The molecule has 14 heavy (non-hydrogen) atoms. The van der Waals surface area contributed by atoms with Gasteiger partial charge in [0.25, 0.3) is 0 Å². The molecule has 1 aromatic rings. The van der Waals surface area contributed by atoms with Crippen molar-refractivity contribution in [3.8, 4) is 0 Å². The van der Waals surface area contributed by atoms with E-state index < -0.39 is 0 Å². The van der Waals surface area contributed by atoms with Crippen molar-refractivity contribution in [1.29, 1.82) is 0 Å². The maximum absolute atomic E-state index is 6.29. The van der Waals surface area contributed by atoms with E-state index in [0.29, 0.717) is 6.04 Å². The summed E-state index contributed by atoms with van der Waals surface area (Å²) >= 11 is 5.29. The topological polar surface area (TPSA) is 26.0 Å². The largest absolute Gasteiger partial charge is 0.323 e. The van der Waals surface area contributed by atoms with Gasteiger partial charge in [-0.05, 0) is 58.7 Å². The maximum Gasteiger partial charge on any atom is 0.0701 e. The predicted octanol–water partition coefficient (Wildman–Crippen LogP) is 3.56. The monoisotopic (exact) mass is 271 g/mol. The number of rotatable bonds is 2. The molecule has 2 aliphatic carbocycles. The molecule has 1 aromatic heterocycles. The molecule has 0 saturated heterocycles. The summed E-state index contributed by atoms with van der Waals surface area (Å²) in [6.07, 6.45) is 4.29. The number of nitrogens with two attached hydrogens (primary N) is 1. The first-order chi connectivity index (χ1) is 6.77. The molecule has 1 nitrogen and oxygen atoms in total. The SMILES string of the molecule is NC(c1ccc(Br)s1)C1C2CCCC21. The van der Waals surface area contributed by atoms with Crippen LogP contribution in [0.3, 0.4) is 0 Å². The molecule has 3 rings (SSSR count). The summed E-state index contributed by atoms with van der Waals surface area (Å²) in [6.45, 7) is 0. The minimum Gasteiger partial charge on any atom is -0.323 e. The minimum absolute atomic E-state index is 0.307. The summed E-state index contributed by atoms with van der Waals surface area (Å²) in [6, 6.07) is 4.59. The van der Waals surface area contributed by atoms with Crippen LogP contribution in [-0.4, -0.2) is 0 Å². The Morgan fingerprint density at radius 2 is 2.07 bits per heavy atom. The van der Waals surface area contributed by atoms with Gasteiger partial charge in [-0.3, -0.25) is 0 Å². The standard InChI is InChI=1S/C11H14BrNS/c12-9-5-4-8(14-9)11(13)10-6-2-1-3-7(6)10/h4-7,10-11H,1-3,13H2. The Hall–Kier alpha value is 0.140. The number of thiophene rings is 1. The first kappa shape index (κ1) is 9.37. The van der Waals surface area contributed by atoms with Gasteiger partial charge in [-0.2, -0.15) is 0 Å². The van der Waals surface area contributed by atoms with Gasteiger partial charge in [0.2, 0.25) is 0 Å². The third kappa shape index (κ3) is 1.37. The zero-order valence-corrected chi connectivity index (χ0v) is 10.4. The Morgan fingerprint density at radius 1 is 1.36 bits per heavy atom. The fraction of sp³-hybridized carbons (Fsp3) is 0.636. The molecule has 0 aromatic carbocycles. The minimum atomic E-state index is 0.307. The van der Waals surface area contributed by atoms with Gasteiger partial charge in [0, 0.05) is 10.9 Å². The normalized spacial score (nSPS) is 36.9. The number of fused-ring (bicyclic) bond motifs is 1. The van der Waals surface area contributed by atoms with Gasteiger partial charge in [-0.25, -0.2) is 0 Å². The molecule has 3 unspecified atom stereocenters. The van der Waals surface area contributed by atoms with Crippen LogP contribution in [0.15, 0.2) is 15.9 Å². The number of hydrogen-bond donors (Lipinski definition) is 1. The molecule has 3 atom stereocenters. The van der Waals surface area contributed by atoms with Gasteiger partial charge in [0.15, 0.2) is 0 Å². The van der Waals surface area contributed by atoms with E-state index in [1.54, 1.807) is 11.3 Å². The van der Waals surface area contributed by atoms with Crippen LogP contribution in [0.1, 0.15) is 30.2 Å². The second-order valence-electron chi connectivity index (χ2n) is 4.50. The summed E-state index contributed by atoms with van der Waals surface area (Å²) in [5.41, 5.74) is 6.29. The highest BCUT2D eigenvalue weighted by Crippen LogP contribution is 2.62. The Bertz CT molecular complexity index is 339. The van der Waals surface area contributed by atoms with Gasteiger partial charge >= 0.3 is 0 Å². The second kappa shape index (κ2) is 3.32. The fourth-order valence-corrected chi connectivity index (χ4v) is 4.59. The average Bonchev–Trinajstić information content (AvgIpc) is 2.56. The molecule has 2 N–H and O–H groups in total. The highest BCUT2D eigenvalue weighted by atomic mass is 79.9. The van der Waals surface area contributed by atoms with Crippen molar-refractivity contribution in [3.63, 3.8) is 0 Å². The van der Waals surface area contributed by atoms with Gasteiger partial charge < -0.3 is 5.73 Å². The molecule has 2 saturated carbocycles. The number of halogens is 1. The van der Waals surface area contributed by atoms with Crippen molar-refractivity contribution in [2.75, 3.05) is 0 Å². The third-order valence-electron chi connectivity index (χ3n) is 3.81. The molecular formula is C11H14BrNS. The van der Waals surface area contributed by atoms with Crippen LogP contribution in [0.2, 0.25) is 0 Å². The molecule has 3 heteroatoms. The van der Waals surface area contributed by atoms with Crippen molar-refractivity contribution in [2.24, 2.45) is 23.5 Å². The van der Waals surface area contributed by atoms with E-state index >= 15 is 0 Å². The van der Waals surface area contributed by atoms with Crippen LogP contribution in [0.4, 0.5) is 0 Å². The van der Waals surface area contributed by atoms with Gasteiger partial charge in [-0.15, -0.1) is 11.3 Å². The Labute approximate surface area is 96.8 Å². The first-order valence-corrected chi connectivity index (χ1v) is 6.89. The Morgan fingerprint density at radius 3 is 2.64 bits per heavy atom. The molecular weight excluding hydrogens is 258 g/mol. The van der Waals surface area contributed by atoms with Crippen molar-refractivity contribution in [1.82, 2.24) is 0 Å². The highest BCUT2D eigenvalue weighted by Gasteiger charge is 2.55. The van der Waals surface area contributed by atoms with Crippen molar-refractivity contribution in [2.45, 2.75) is 25.3 Å². The summed E-state index contributed by atoms with van der Waals surface area (Å²) in [7, 11) is 0. The zero-order chi connectivity index (χ0) is 9.71. The van der Waals surface area contributed by atoms with Gasteiger partial charge in [-0.1, -0.05) is 6.42 Å². The predicted molar refractivity (Wildman–Crippen MR) is 63.3 cm³/mol. The third-order valence-corrected chi connectivity index (χ3v) is 5.53. The van der Waals surface area contributed by atoms with E-state index in [1.807, 2.05) is 0 Å². The van der Waals surface area contributed by atoms with Crippen molar-refractivity contribution < 1.29 is 0 Å². The Kier molecular flexibility index (Phi) is 2.22. The lowest BCUT2D eigenvalue weighted by Crippen LogP contribution is -2.13. The van der Waals surface area contributed by atoms with Gasteiger partial charge in [0.05, 0.1) is 3.79 Å². The van der Waals surface area contributed by atoms with Crippen LogP contribution in [0, 0.1) is 17.8 Å². The molecule has 0 radical (unpaired) electrons. The molecule has 2 aliphatic rings. The van der Waals surface area contributed by atoms with E-state index in [-0.39, 0.29) is 0 Å². The molecule has 0 aliphatic heterocycles. The van der Waals surface area contributed by atoms with Gasteiger partial charge in [0.1, 0.15) is 0 Å². The lowest BCUT2D eigenvalue weighted by Gasteiger charge is -2.11. The Balaban J connectivity index is 1.75. The van der Waals surface area contributed by atoms with Crippen molar-refractivity contribution >= 4 is 27.3 Å². The average molecular weight is 272 g/mol. The zero-order valence-electron chi connectivity index (χ0n) is 7.95. The highest BCUT2D eigenvalue weighted by molar-refractivity contribution is 9.11. The van der Waals surface area contributed by atoms with Crippen LogP contribution < -0.4 is 5.73 Å². The van der Waals surface area contributed by atoms with Crippen LogP contribution >= 0.6 is 27.3 Å². The lowest BCUT2D eigenvalue weighted by molar-refractivity contribution is 0.507. The molecule has 1 heterocycles. The first-order valence-electron chi connectivity index (χ1n) is 5.28. The lowest BCUT2D eigenvalue weighted by atomic mass is 10.0. The second-order valence-corrected chi connectivity index (χ2v) is 7.00. The van der Waals surface area contributed by atoms with Crippen LogP contribution in [0.25, 0.3) is 0 Å². The fourth-order valence-electron chi connectivity index (χ4n) is 3.11. The van der Waals surface area contributed by atoms with Crippen molar-refractivity contribution in [3.05, 3.63) is 20.8 Å². The summed E-state index contributed by atoms with van der Waals surface area (Å²) in [4.78, 5) is 1.36. The molecule has 76 valence electrons. The van der Waals surface area contributed by atoms with Crippen LogP contribution in [-0.2, 0) is 0 Å². The van der Waals surface area contributed by atoms with E-state index in [2.05, 4.69) is 28.1 Å². The van der Waals surface area contributed by atoms with E-state index in [4.69, 9.17) is 5.73 Å². The molecule has 2 fully saturated rings.